The van der Waals surface area contributed by atoms with Gasteiger partial charge in [-0.2, -0.15) is 0 Å². The molecule has 2 aromatic heterocycles. The molecule has 0 unspecified atom stereocenters. The zero-order chi connectivity index (χ0) is 22.1. The molecule has 0 atom stereocenters. The maximum atomic E-state index is 11.2. The number of ketones is 1. The van der Waals surface area contributed by atoms with Crippen molar-refractivity contribution in [3.05, 3.63) is 72.2 Å². The van der Waals surface area contributed by atoms with Crippen molar-refractivity contribution < 1.29 is 14.7 Å². The van der Waals surface area contributed by atoms with E-state index in [2.05, 4.69) is 21.5 Å². The van der Waals surface area contributed by atoms with Gasteiger partial charge in [-0.25, -0.2) is 4.98 Å². The van der Waals surface area contributed by atoms with Gasteiger partial charge in [0.15, 0.2) is 11.4 Å². The van der Waals surface area contributed by atoms with Crippen molar-refractivity contribution in [2.24, 2.45) is 5.16 Å². The number of carbonyl (C=O) groups excluding carboxylic acids is 1. The van der Waals surface area contributed by atoms with Gasteiger partial charge < -0.3 is 15.3 Å². The van der Waals surface area contributed by atoms with E-state index in [-0.39, 0.29) is 12.4 Å². The number of carbonyl (C=O) groups is 1. The fourth-order valence-electron chi connectivity index (χ4n) is 3.91. The van der Waals surface area contributed by atoms with E-state index in [0.29, 0.717) is 5.75 Å². The molecule has 8 heteroatoms. The van der Waals surface area contributed by atoms with Gasteiger partial charge in [0.05, 0.1) is 11.9 Å². The Bertz CT molecular complexity index is 1340. The Hall–Kier alpha value is -4.20. The van der Waals surface area contributed by atoms with E-state index in [4.69, 9.17) is 9.72 Å². The number of oxime groups is 1. The zero-order valence-corrected chi connectivity index (χ0v) is 17.4. The molecule has 4 aromatic rings. The summed E-state index contributed by atoms with van der Waals surface area (Å²) in [6, 6.07) is 13.5. The second-order valence-corrected chi connectivity index (χ2v) is 7.67. The number of rotatable bonds is 6. The third kappa shape index (κ3) is 3.66. The van der Waals surface area contributed by atoms with Crippen molar-refractivity contribution in [1.82, 2.24) is 14.4 Å². The lowest BCUT2D eigenvalue weighted by Crippen LogP contribution is -2.06. The first-order chi connectivity index (χ1) is 15.6. The first-order valence-electron chi connectivity index (χ1n) is 10.3. The monoisotopic (exact) mass is 427 g/mol. The van der Waals surface area contributed by atoms with Crippen LogP contribution in [-0.2, 0) is 11.2 Å². The van der Waals surface area contributed by atoms with Crippen LogP contribution in [0.4, 0.5) is 11.5 Å². The molecule has 2 heterocycles. The van der Waals surface area contributed by atoms with Crippen LogP contribution in [0.15, 0.2) is 66.2 Å². The Labute approximate surface area is 184 Å². The van der Waals surface area contributed by atoms with E-state index in [0.717, 1.165) is 58.1 Å². The first kappa shape index (κ1) is 19.7. The Morgan fingerprint density at radius 1 is 1.22 bits per heavy atom. The van der Waals surface area contributed by atoms with Crippen molar-refractivity contribution in [2.75, 3.05) is 11.9 Å². The average Bonchev–Trinajstić information content (AvgIpc) is 3.39. The molecule has 2 N–H and O–H groups in total. The molecule has 5 rings (SSSR count). The number of imidazole rings is 1. The molecule has 0 spiro atoms. The van der Waals surface area contributed by atoms with Gasteiger partial charge in [-0.1, -0.05) is 11.2 Å². The Morgan fingerprint density at radius 2 is 2.06 bits per heavy atom. The SMILES string of the molecule is CC(=O)COc1ccc(-c2nc3cnccn3c2Nc2ccc3c(c2)CC/C3=N\O)cc1. The lowest BCUT2D eigenvalue weighted by molar-refractivity contribution is -0.118. The number of fused-ring (bicyclic) bond motifs is 2. The van der Waals surface area contributed by atoms with Crippen molar-refractivity contribution in [2.45, 2.75) is 19.8 Å². The molecule has 0 aliphatic heterocycles. The molecule has 0 saturated carbocycles. The van der Waals surface area contributed by atoms with E-state index in [1.54, 1.807) is 12.4 Å². The summed E-state index contributed by atoms with van der Waals surface area (Å²) in [5.74, 6) is 1.41. The summed E-state index contributed by atoms with van der Waals surface area (Å²) in [6.45, 7) is 1.54. The van der Waals surface area contributed by atoms with E-state index >= 15 is 0 Å². The number of nitrogens with zero attached hydrogens (tertiary/aromatic N) is 4. The molecule has 2 aromatic carbocycles. The molecule has 160 valence electrons. The number of hydrogen-bond donors (Lipinski definition) is 2. The van der Waals surface area contributed by atoms with Crippen LogP contribution < -0.4 is 10.1 Å². The van der Waals surface area contributed by atoms with E-state index in [1.165, 1.54) is 6.92 Å². The van der Waals surface area contributed by atoms with Crippen LogP contribution >= 0.6 is 0 Å². The first-order valence-corrected chi connectivity index (χ1v) is 10.3. The van der Waals surface area contributed by atoms with Gasteiger partial charge >= 0.3 is 0 Å². The zero-order valence-electron chi connectivity index (χ0n) is 17.4. The quantitative estimate of drug-likeness (QED) is 0.353. The summed E-state index contributed by atoms with van der Waals surface area (Å²) in [6.07, 6.45) is 6.87. The molecule has 0 amide bonds. The highest BCUT2D eigenvalue weighted by Crippen LogP contribution is 2.33. The van der Waals surface area contributed by atoms with Crippen LogP contribution in [0.1, 0.15) is 24.5 Å². The Balaban J connectivity index is 1.51. The molecular formula is C24H21N5O3. The topological polar surface area (TPSA) is 101 Å². The van der Waals surface area contributed by atoms with Crippen molar-refractivity contribution in [1.29, 1.82) is 0 Å². The van der Waals surface area contributed by atoms with Gasteiger partial charge in [0, 0.05) is 29.2 Å². The van der Waals surface area contributed by atoms with Gasteiger partial charge in [-0.3, -0.25) is 14.2 Å². The molecular weight excluding hydrogens is 406 g/mol. The molecule has 32 heavy (non-hydrogen) atoms. The lowest BCUT2D eigenvalue weighted by Gasteiger charge is -2.11. The molecule has 0 bridgehead atoms. The molecule has 1 aliphatic carbocycles. The van der Waals surface area contributed by atoms with Crippen molar-refractivity contribution >= 4 is 28.6 Å². The third-order valence-electron chi connectivity index (χ3n) is 5.43. The van der Waals surface area contributed by atoms with Gasteiger partial charge in [0.1, 0.15) is 23.9 Å². The highest BCUT2D eigenvalue weighted by Gasteiger charge is 2.20. The largest absolute Gasteiger partial charge is 0.486 e. The normalized spacial score (nSPS) is 14.0. The number of nitrogens with one attached hydrogen (secondary N) is 1. The summed E-state index contributed by atoms with van der Waals surface area (Å²) in [5, 5.41) is 16.1. The average molecular weight is 427 g/mol. The standard InChI is InChI=1S/C24H21N5O3/c1-15(30)14-32-19-6-2-16(3-7-19)23-24(29-11-10-25-13-22(29)27-23)26-18-5-8-20-17(12-18)4-9-21(20)28-31/h2-3,5-8,10-13,26,31H,4,9,14H2,1H3/b28-21+. The summed E-state index contributed by atoms with van der Waals surface area (Å²) in [5.41, 5.74) is 6.17. The predicted molar refractivity (Wildman–Crippen MR) is 121 cm³/mol. The molecule has 1 aliphatic rings. The number of benzene rings is 2. The minimum atomic E-state index is -0.0276. The number of Topliss-reactive ketones (excluding diaryl/α,β-unsaturated/α-hetero) is 1. The molecule has 0 saturated heterocycles. The minimum Gasteiger partial charge on any atom is -0.486 e. The van der Waals surface area contributed by atoms with E-state index < -0.39 is 0 Å². The van der Waals surface area contributed by atoms with E-state index in [1.807, 2.05) is 47.0 Å². The Morgan fingerprint density at radius 3 is 2.84 bits per heavy atom. The van der Waals surface area contributed by atoms with Crippen LogP contribution in [0.3, 0.4) is 0 Å². The van der Waals surface area contributed by atoms with Crippen LogP contribution in [0.5, 0.6) is 5.75 Å². The predicted octanol–water partition coefficient (Wildman–Crippen LogP) is 4.23. The number of anilines is 2. The number of aromatic nitrogens is 3. The summed E-state index contributed by atoms with van der Waals surface area (Å²) in [7, 11) is 0. The number of hydrogen-bond acceptors (Lipinski definition) is 7. The third-order valence-corrected chi connectivity index (χ3v) is 5.43. The summed E-state index contributed by atoms with van der Waals surface area (Å²) in [4.78, 5) is 20.1. The van der Waals surface area contributed by atoms with Crippen LogP contribution in [0, 0.1) is 0 Å². The molecule has 8 nitrogen and oxygen atoms in total. The highest BCUT2D eigenvalue weighted by molar-refractivity contribution is 6.04. The van der Waals surface area contributed by atoms with Gasteiger partial charge in [0.25, 0.3) is 0 Å². The van der Waals surface area contributed by atoms with Crippen LogP contribution in [0.25, 0.3) is 16.9 Å². The lowest BCUT2D eigenvalue weighted by atomic mass is 10.1. The maximum absolute atomic E-state index is 11.2. The molecule has 0 fully saturated rings. The maximum Gasteiger partial charge on any atom is 0.167 e. The Kier molecular flexibility index (Phi) is 5.03. The van der Waals surface area contributed by atoms with Gasteiger partial charge in [0.2, 0.25) is 0 Å². The smallest absolute Gasteiger partial charge is 0.167 e. The molecule has 0 radical (unpaired) electrons. The van der Waals surface area contributed by atoms with Crippen LogP contribution in [0.2, 0.25) is 0 Å². The van der Waals surface area contributed by atoms with Gasteiger partial charge in [-0.05, 0) is 61.7 Å². The highest BCUT2D eigenvalue weighted by atomic mass is 16.5. The minimum absolute atomic E-state index is 0.0276. The fourth-order valence-corrected chi connectivity index (χ4v) is 3.91. The number of aryl methyl sites for hydroxylation is 1. The van der Waals surface area contributed by atoms with E-state index in [9.17, 15) is 10.0 Å². The fraction of sp³-hybridized carbons (Fsp3) is 0.167. The second-order valence-electron chi connectivity index (χ2n) is 7.67. The van der Waals surface area contributed by atoms with Gasteiger partial charge in [-0.15, -0.1) is 0 Å². The van der Waals surface area contributed by atoms with Crippen molar-refractivity contribution in [3.63, 3.8) is 0 Å². The van der Waals surface area contributed by atoms with Crippen molar-refractivity contribution in [3.8, 4) is 17.0 Å². The van der Waals surface area contributed by atoms with Crippen LogP contribution in [-0.4, -0.2) is 37.7 Å². The summed E-state index contributed by atoms with van der Waals surface area (Å²) >= 11 is 0. The summed E-state index contributed by atoms with van der Waals surface area (Å²) < 4.78 is 7.43. The second kappa shape index (κ2) is 8.14. The number of ether oxygens (including phenoxy) is 1.